The molecule has 0 bridgehead atoms. The quantitative estimate of drug-likeness (QED) is 0.880. The van der Waals surface area contributed by atoms with Gasteiger partial charge >= 0.3 is 10.2 Å². The third-order valence-corrected chi connectivity index (χ3v) is 4.81. The Kier molecular flexibility index (Phi) is 4.56. The van der Waals surface area contributed by atoms with Crippen molar-refractivity contribution < 1.29 is 17.2 Å². The molecule has 2 rings (SSSR count). The fourth-order valence-electron chi connectivity index (χ4n) is 2.21. The van der Waals surface area contributed by atoms with E-state index in [4.69, 9.17) is 5.73 Å². The second kappa shape index (κ2) is 6.02. The molecule has 0 saturated carbocycles. The number of rotatable bonds is 4. The predicted octanol–water partition coefficient (Wildman–Crippen LogP) is 1.29. The van der Waals surface area contributed by atoms with Gasteiger partial charge in [-0.2, -0.15) is 12.7 Å². The fourth-order valence-corrected chi connectivity index (χ4v) is 3.56. The summed E-state index contributed by atoms with van der Waals surface area (Å²) in [6, 6.07) is 2.70. The summed E-state index contributed by atoms with van der Waals surface area (Å²) < 4.78 is 54.0. The van der Waals surface area contributed by atoms with Crippen molar-refractivity contribution in [3.63, 3.8) is 0 Å². The number of piperidine rings is 1. The molecule has 112 valence electrons. The Hall–Kier alpha value is -1.25. The molecule has 1 atom stereocenters. The number of halogens is 2. The number of nitrogens with one attached hydrogen (secondary N) is 1. The summed E-state index contributed by atoms with van der Waals surface area (Å²) in [6.07, 6.45) is 1.60. The topological polar surface area (TPSA) is 75.4 Å². The van der Waals surface area contributed by atoms with Crippen molar-refractivity contribution in [3.8, 4) is 0 Å². The number of hydrogen-bond donors (Lipinski definition) is 2. The molecule has 0 amide bonds. The summed E-state index contributed by atoms with van der Waals surface area (Å²) in [7, 11) is -3.85. The first-order valence-electron chi connectivity index (χ1n) is 6.35. The Bertz CT molecular complexity index is 580. The second-order valence-corrected chi connectivity index (χ2v) is 6.50. The van der Waals surface area contributed by atoms with Crippen LogP contribution in [-0.2, 0) is 10.2 Å². The van der Waals surface area contributed by atoms with E-state index in [0.29, 0.717) is 32.1 Å². The monoisotopic (exact) mass is 305 g/mol. The first kappa shape index (κ1) is 15.1. The van der Waals surface area contributed by atoms with Gasteiger partial charge in [-0.25, -0.2) is 8.78 Å². The highest BCUT2D eigenvalue weighted by molar-refractivity contribution is 7.90. The molecule has 8 heteroatoms. The van der Waals surface area contributed by atoms with Crippen LogP contribution in [0.15, 0.2) is 18.2 Å². The largest absolute Gasteiger partial charge is 0.330 e. The van der Waals surface area contributed by atoms with Crippen LogP contribution < -0.4 is 10.5 Å². The maximum absolute atomic E-state index is 13.5. The highest BCUT2D eigenvalue weighted by atomic mass is 32.2. The van der Waals surface area contributed by atoms with E-state index in [1.165, 1.54) is 4.31 Å². The summed E-state index contributed by atoms with van der Waals surface area (Å²) in [5, 5.41) is 0. The molecule has 1 aliphatic heterocycles. The van der Waals surface area contributed by atoms with Gasteiger partial charge in [0.2, 0.25) is 0 Å². The van der Waals surface area contributed by atoms with Crippen LogP contribution in [0.3, 0.4) is 0 Å². The minimum Gasteiger partial charge on any atom is -0.330 e. The maximum atomic E-state index is 13.5. The zero-order valence-electron chi connectivity index (χ0n) is 10.9. The first-order chi connectivity index (χ1) is 9.42. The molecule has 0 aliphatic carbocycles. The normalized spacial score (nSPS) is 20.9. The van der Waals surface area contributed by atoms with E-state index in [2.05, 4.69) is 4.72 Å². The summed E-state index contributed by atoms with van der Waals surface area (Å²) >= 11 is 0. The average Bonchev–Trinajstić information content (AvgIpc) is 2.42. The molecule has 1 fully saturated rings. The van der Waals surface area contributed by atoms with E-state index in [-0.39, 0.29) is 11.6 Å². The minimum atomic E-state index is -3.85. The van der Waals surface area contributed by atoms with E-state index in [1.807, 2.05) is 0 Å². The minimum absolute atomic E-state index is 0.110. The molecule has 5 nitrogen and oxygen atoms in total. The molecule has 1 aromatic carbocycles. The van der Waals surface area contributed by atoms with Gasteiger partial charge in [-0.3, -0.25) is 4.72 Å². The Balaban J connectivity index is 2.14. The van der Waals surface area contributed by atoms with Gasteiger partial charge in [0.1, 0.15) is 11.6 Å². The van der Waals surface area contributed by atoms with E-state index < -0.39 is 21.8 Å². The Morgan fingerprint density at radius 3 is 2.80 bits per heavy atom. The standard InChI is InChI=1S/C12H17F2N3O2S/c13-10-3-4-12(11(14)6-10)16-20(18,19)17-5-1-2-9(7-15)8-17/h3-4,6,9,16H,1-2,5,7-8,15H2. The highest BCUT2D eigenvalue weighted by Gasteiger charge is 2.28. The van der Waals surface area contributed by atoms with Crippen molar-refractivity contribution in [1.29, 1.82) is 0 Å². The summed E-state index contributed by atoms with van der Waals surface area (Å²) in [6.45, 7) is 1.10. The molecular weight excluding hydrogens is 288 g/mol. The Labute approximate surface area is 116 Å². The average molecular weight is 305 g/mol. The molecule has 1 aromatic rings. The van der Waals surface area contributed by atoms with Crippen LogP contribution >= 0.6 is 0 Å². The van der Waals surface area contributed by atoms with E-state index in [1.54, 1.807) is 0 Å². The van der Waals surface area contributed by atoms with Crippen LogP contribution in [0.2, 0.25) is 0 Å². The van der Waals surface area contributed by atoms with Crippen LogP contribution in [0.5, 0.6) is 0 Å². The van der Waals surface area contributed by atoms with E-state index in [0.717, 1.165) is 18.6 Å². The van der Waals surface area contributed by atoms with Gasteiger partial charge in [-0.15, -0.1) is 0 Å². The van der Waals surface area contributed by atoms with Crippen LogP contribution in [0.25, 0.3) is 0 Å². The summed E-state index contributed by atoms with van der Waals surface area (Å²) in [4.78, 5) is 0. The second-order valence-electron chi connectivity index (χ2n) is 4.83. The number of nitrogens with zero attached hydrogens (tertiary/aromatic N) is 1. The van der Waals surface area contributed by atoms with E-state index in [9.17, 15) is 17.2 Å². The van der Waals surface area contributed by atoms with Crippen molar-refractivity contribution in [2.24, 2.45) is 11.7 Å². The van der Waals surface area contributed by atoms with Gasteiger partial charge in [0.15, 0.2) is 0 Å². The highest BCUT2D eigenvalue weighted by Crippen LogP contribution is 2.22. The van der Waals surface area contributed by atoms with Crippen molar-refractivity contribution in [2.45, 2.75) is 12.8 Å². The van der Waals surface area contributed by atoms with Gasteiger partial charge in [-0.1, -0.05) is 0 Å². The summed E-state index contributed by atoms with van der Waals surface area (Å²) in [5.41, 5.74) is 5.30. The molecular formula is C12H17F2N3O2S. The van der Waals surface area contributed by atoms with Gasteiger partial charge in [0.05, 0.1) is 5.69 Å². The molecule has 0 spiro atoms. The molecule has 0 aromatic heterocycles. The third kappa shape index (κ3) is 3.44. The van der Waals surface area contributed by atoms with Crippen LogP contribution in [0.1, 0.15) is 12.8 Å². The van der Waals surface area contributed by atoms with Crippen LogP contribution in [0.4, 0.5) is 14.5 Å². The lowest BCUT2D eigenvalue weighted by molar-refractivity contribution is 0.273. The third-order valence-electron chi connectivity index (χ3n) is 3.33. The van der Waals surface area contributed by atoms with E-state index >= 15 is 0 Å². The zero-order chi connectivity index (χ0) is 14.8. The maximum Gasteiger partial charge on any atom is 0.301 e. The smallest absolute Gasteiger partial charge is 0.301 e. The van der Waals surface area contributed by atoms with Gasteiger partial charge in [0.25, 0.3) is 0 Å². The molecule has 3 N–H and O–H groups in total. The van der Waals surface area contributed by atoms with Crippen molar-refractivity contribution in [3.05, 3.63) is 29.8 Å². The zero-order valence-corrected chi connectivity index (χ0v) is 11.7. The molecule has 1 heterocycles. The first-order valence-corrected chi connectivity index (χ1v) is 7.79. The summed E-state index contributed by atoms with van der Waals surface area (Å²) in [5.74, 6) is -1.59. The SMILES string of the molecule is NCC1CCCN(S(=O)(=O)Nc2ccc(F)cc2F)C1. The lowest BCUT2D eigenvalue weighted by Crippen LogP contribution is -2.44. The number of anilines is 1. The van der Waals surface area contributed by atoms with Crippen molar-refractivity contribution >= 4 is 15.9 Å². The number of nitrogens with two attached hydrogens (primary N) is 1. The van der Waals surface area contributed by atoms with Crippen LogP contribution in [0, 0.1) is 17.6 Å². The fraction of sp³-hybridized carbons (Fsp3) is 0.500. The van der Waals surface area contributed by atoms with Crippen molar-refractivity contribution in [2.75, 3.05) is 24.4 Å². The predicted molar refractivity (Wildman–Crippen MR) is 72.3 cm³/mol. The van der Waals surface area contributed by atoms with Gasteiger partial charge < -0.3 is 5.73 Å². The van der Waals surface area contributed by atoms with Gasteiger partial charge in [-0.05, 0) is 37.4 Å². The molecule has 20 heavy (non-hydrogen) atoms. The molecule has 0 radical (unpaired) electrons. The van der Waals surface area contributed by atoms with Gasteiger partial charge in [0, 0.05) is 19.2 Å². The Morgan fingerprint density at radius 2 is 2.15 bits per heavy atom. The Morgan fingerprint density at radius 1 is 1.40 bits per heavy atom. The van der Waals surface area contributed by atoms with Crippen molar-refractivity contribution in [1.82, 2.24) is 4.31 Å². The lowest BCUT2D eigenvalue weighted by atomic mass is 10.0. The molecule has 1 saturated heterocycles. The lowest BCUT2D eigenvalue weighted by Gasteiger charge is -2.31. The number of benzene rings is 1. The number of hydrogen-bond acceptors (Lipinski definition) is 3. The molecule has 1 aliphatic rings. The molecule has 1 unspecified atom stereocenters. The van der Waals surface area contributed by atoms with Crippen LogP contribution in [-0.4, -0.2) is 32.4 Å².